The summed E-state index contributed by atoms with van der Waals surface area (Å²) in [5.41, 5.74) is 2.69. The summed E-state index contributed by atoms with van der Waals surface area (Å²) in [5, 5.41) is 0. The highest BCUT2D eigenvalue weighted by atomic mass is 32.1. The van der Waals surface area contributed by atoms with Gasteiger partial charge < -0.3 is 4.74 Å². The molecular formula is C13H12N2O2S. The lowest BCUT2D eigenvalue weighted by Crippen LogP contribution is -2.07. The normalized spacial score (nSPS) is 11.2. The molecule has 4 nitrogen and oxygen atoms in total. The van der Waals surface area contributed by atoms with Gasteiger partial charge in [-0.1, -0.05) is 17.4 Å². The van der Waals surface area contributed by atoms with Crippen molar-refractivity contribution in [2.75, 3.05) is 6.61 Å². The number of fused-ring (bicyclic) bond motifs is 3. The molecule has 0 aliphatic heterocycles. The van der Waals surface area contributed by atoms with Gasteiger partial charge in [-0.2, -0.15) is 0 Å². The third kappa shape index (κ3) is 1.59. The molecule has 0 aliphatic carbocycles. The Morgan fingerprint density at radius 3 is 3.11 bits per heavy atom. The number of carbonyl (C=O) groups excluding carboxylic acids is 1. The Kier molecular flexibility index (Phi) is 2.56. The van der Waals surface area contributed by atoms with Crippen LogP contribution in [0, 0.1) is 6.92 Å². The molecule has 2 heterocycles. The Labute approximate surface area is 108 Å². The Bertz CT molecular complexity index is 742. The van der Waals surface area contributed by atoms with Gasteiger partial charge in [-0.05, 0) is 31.5 Å². The summed E-state index contributed by atoms with van der Waals surface area (Å²) in [6.45, 7) is 4.21. The number of imidazole rings is 1. The summed E-state index contributed by atoms with van der Waals surface area (Å²) in [6, 6.07) is 6.14. The van der Waals surface area contributed by atoms with E-state index in [9.17, 15) is 4.79 Å². The first kappa shape index (κ1) is 11.2. The third-order valence-corrected chi connectivity index (χ3v) is 3.79. The Hall–Kier alpha value is -1.88. The first-order valence-corrected chi connectivity index (χ1v) is 6.56. The lowest BCUT2D eigenvalue weighted by molar-refractivity contribution is 0.0519. The van der Waals surface area contributed by atoms with Gasteiger partial charge in [0.05, 0.1) is 23.0 Å². The molecule has 92 valence electrons. The summed E-state index contributed by atoms with van der Waals surface area (Å²) < 4.78 is 8.03. The van der Waals surface area contributed by atoms with E-state index in [0.717, 1.165) is 15.2 Å². The van der Waals surface area contributed by atoms with Crippen LogP contribution in [0.5, 0.6) is 0 Å². The maximum atomic E-state index is 11.8. The zero-order valence-electron chi connectivity index (χ0n) is 10.1. The van der Waals surface area contributed by atoms with Gasteiger partial charge in [-0.3, -0.25) is 4.40 Å². The van der Waals surface area contributed by atoms with Crippen molar-refractivity contribution < 1.29 is 9.53 Å². The second-order valence-corrected chi connectivity index (χ2v) is 5.06. The average molecular weight is 260 g/mol. The highest BCUT2D eigenvalue weighted by molar-refractivity contribution is 7.23. The molecule has 0 fully saturated rings. The number of rotatable bonds is 2. The second-order valence-electron chi connectivity index (χ2n) is 4.06. The number of aromatic nitrogens is 2. The van der Waals surface area contributed by atoms with Gasteiger partial charge in [-0.25, -0.2) is 9.78 Å². The number of hydrogen-bond donors (Lipinski definition) is 0. The van der Waals surface area contributed by atoms with Crippen molar-refractivity contribution in [3.8, 4) is 0 Å². The lowest BCUT2D eigenvalue weighted by atomic mass is 10.2. The number of esters is 1. The SMILES string of the molecule is CCOC(=O)c1cnc2sc3cc(C)ccc3n12. The number of aryl methyl sites for hydroxylation is 1. The summed E-state index contributed by atoms with van der Waals surface area (Å²) in [7, 11) is 0. The van der Waals surface area contributed by atoms with Crippen molar-refractivity contribution in [2.24, 2.45) is 0 Å². The van der Waals surface area contributed by atoms with Crippen LogP contribution in [-0.4, -0.2) is 22.0 Å². The first-order valence-electron chi connectivity index (χ1n) is 5.74. The summed E-state index contributed by atoms with van der Waals surface area (Å²) in [4.78, 5) is 16.9. The van der Waals surface area contributed by atoms with E-state index in [0.29, 0.717) is 12.3 Å². The minimum Gasteiger partial charge on any atom is -0.461 e. The number of benzene rings is 1. The summed E-state index contributed by atoms with van der Waals surface area (Å²) in [6.07, 6.45) is 1.57. The molecule has 0 saturated carbocycles. The van der Waals surface area contributed by atoms with Gasteiger partial charge >= 0.3 is 5.97 Å². The standard InChI is InChI=1S/C13H12N2O2S/c1-3-17-12(16)10-7-14-13-15(10)9-5-4-8(2)6-11(9)18-13/h4-7H,3H2,1-2H3. The van der Waals surface area contributed by atoms with Crippen molar-refractivity contribution in [2.45, 2.75) is 13.8 Å². The quantitative estimate of drug-likeness (QED) is 0.665. The van der Waals surface area contributed by atoms with Crippen LogP contribution >= 0.6 is 11.3 Å². The van der Waals surface area contributed by atoms with Crippen molar-refractivity contribution in [3.63, 3.8) is 0 Å². The zero-order valence-corrected chi connectivity index (χ0v) is 11.0. The van der Waals surface area contributed by atoms with Crippen LogP contribution in [0.4, 0.5) is 0 Å². The van der Waals surface area contributed by atoms with Gasteiger partial charge in [0.25, 0.3) is 0 Å². The van der Waals surface area contributed by atoms with Crippen molar-refractivity contribution >= 4 is 32.5 Å². The van der Waals surface area contributed by atoms with E-state index in [1.54, 1.807) is 24.5 Å². The molecule has 3 rings (SSSR count). The van der Waals surface area contributed by atoms with E-state index < -0.39 is 0 Å². The molecular weight excluding hydrogens is 248 g/mol. The fourth-order valence-corrected chi connectivity index (χ4v) is 3.07. The highest BCUT2D eigenvalue weighted by Gasteiger charge is 2.17. The summed E-state index contributed by atoms with van der Waals surface area (Å²) >= 11 is 1.58. The molecule has 0 atom stereocenters. The third-order valence-electron chi connectivity index (χ3n) is 2.77. The molecule has 0 amide bonds. The van der Waals surface area contributed by atoms with E-state index in [1.807, 2.05) is 23.5 Å². The number of nitrogens with zero attached hydrogens (tertiary/aromatic N) is 2. The first-order chi connectivity index (χ1) is 8.70. The van der Waals surface area contributed by atoms with Crippen LogP contribution in [0.25, 0.3) is 15.2 Å². The topological polar surface area (TPSA) is 43.6 Å². The molecule has 18 heavy (non-hydrogen) atoms. The molecule has 2 aromatic heterocycles. The van der Waals surface area contributed by atoms with E-state index in [2.05, 4.69) is 11.1 Å². The fraction of sp³-hybridized carbons (Fsp3) is 0.231. The molecule has 0 N–H and O–H groups in total. The molecule has 0 saturated heterocycles. The van der Waals surface area contributed by atoms with Crippen LogP contribution in [-0.2, 0) is 4.74 Å². The summed E-state index contributed by atoms with van der Waals surface area (Å²) in [5.74, 6) is -0.328. The molecule has 0 spiro atoms. The number of thiazole rings is 1. The zero-order chi connectivity index (χ0) is 12.7. The maximum Gasteiger partial charge on any atom is 0.357 e. The second kappa shape index (κ2) is 4.10. The highest BCUT2D eigenvalue weighted by Crippen LogP contribution is 2.28. The predicted molar refractivity (Wildman–Crippen MR) is 71.3 cm³/mol. The van der Waals surface area contributed by atoms with Crippen molar-refractivity contribution in [1.82, 2.24) is 9.38 Å². The van der Waals surface area contributed by atoms with E-state index in [-0.39, 0.29) is 5.97 Å². The minimum atomic E-state index is -0.328. The Morgan fingerprint density at radius 1 is 1.50 bits per heavy atom. The fourth-order valence-electron chi connectivity index (χ4n) is 1.97. The van der Waals surface area contributed by atoms with Gasteiger partial charge in [0.15, 0.2) is 10.7 Å². The van der Waals surface area contributed by atoms with E-state index in [1.165, 1.54) is 5.56 Å². The number of hydrogen-bond acceptors (Lipinski definition) is 4. The molecule has 5 heteroatoms. The smallest absolute Gasteiger partial charge is 0.357 e. The molecule has 3 aromatic rings. The van der Waals surface area contributed by atoms with Gasteiger partial charge in [0.1, 0.15) is 0 Å². The largest absolute Gasteiger partial charge is 0.461 e. The Morgan fingerprint density at radius 2 is 2.33 bits per heavy atom. The van der Waals surface area contributed by atoms with Crippen molar-refractivity contribution in [1.29, 1.82) is 0 Å². The van der Waals surface area contributed by atoms with Crippen LogP contribution in [0.3, 0.4) is 0 Å². The van der Waals surface area contributed by atoms with Crippen molar-refractivity contribution in [3.05, 3.63) is 35.7 Å². The number of ether oxygens (including phenoxy) is 1. The van der Waals surface area contributed by atoms with Crippen LogP contribution in [0.15, 0.2) is 24.4 Å². The van der Waals surface area contributed by atoms with Gasteiger partial charge in [0, 0.05) is 0 Å². The predicted octanol–water partition coefficient (Wildman–Crippen LogP) is 3.03. The lowest BCUT2D eigenvalue weighted by Gasteiger charge is -2.00. The van der Waals surface area contributed by atoms with Crippen LogP contribution in [0.1, 0.15) is 23.0 Å². The van der Waals surface area contributed by atoms with E-state index in [4.69, 9.17) is 4.74 Å². The van der Waals surface area contributed by atoms with Crippen LogP contribution < -0.4 is 0 Å². The average Bonchev–Trinajstić information content (AvgIpc) is 2.86. The molecule has 0 aliphatic rings. The molecule has 0 bridgehead atoms. The Balaban J connectivity index is 2.28. The van der Waals surface area contributed by atoms with Gasteiger partial charge in [-0.15, -0.1) is 0 Å². The van der Waals surface area contributed by atoms with E-state index >= 15 is 0 Å². The van der Waals surface area contributed by atoms with Gasteiger partial charge in [0.2, 0.25) is 0 Å². The number of carbonyl (C=O) groups is 1. The molecule has 1 aromatic carbocycles. The monoisotopic (exact) mass is 260 g/mol. The molecule has 0 radical (unpaired) electrons. The maximum absolute atomic E-state index is 11.8. The minimum absolute atomic E-state index is 0.328. The van der Waals surface area contributed by atoms with Crippen LogP contribution in [0.2, 0.25) is 0 Å². The molecule has 0 unspecified atom stereocenters.